The van der Waals surface area contributed by atoms with Gasteiger partial charge in [0, 0.05) is 30.3 Å². The highest BCUT2D eigenvalue weighted by atomic mass is 32.2. The maximum absolute atomic E-state index is 12.8. The first kappa shape index (κ1) is 16.4. The van der Waals surface area contributed by atoms with Crippen molar-refractivity contribution in [3.05, 3.63) is 60.2 Å². The van der Waals surface area contributed by atoms with Gasteiger partial charge in [-0.3, -0.25) is 9.25 Å². The molecule has 0 radical (unpaired) electrons. The first-order valence-electron chi connectivity index (χ1n) is 7.74. The Morgan fingerprint density at radius 3 is 2.62 bits per heavy atom. The Labute approximate surface area is 141 Å². The molecule has 0 unspecified atom stereocenters. The molecule has 0 bridgehead atoms. The molecule has 3 rings (SSSR count). The number of aromatic nitrogens is 4. The van der Waals surface area contributed by atoms with Crippen LogP contribution in [0.25, 0.3) is 5.69 Å². The van der Waals surface area contributed by atoms with Crippen molar-refractivity contribution in [1.82, 2.24) is 19.3 Å². The molecule has 0 aliphatic rings. The maximum atomic E-state index is 12.8. The highest BCUT2D eigenvalue weighted by Gasteiger charge is 2.23. The van der Waals surface area contributed by atoms with E-state index in [4.69, 9.17) is 0 Å². The maximum Gasteiger partial charge on any atom is 0.232 e. The van der Waals surface area contributed by atoms with Gasteiger partial charge in [-0.25, -0.2) is 13.4 Å². The van der Waals surface area contributed by atoms with E-state index in [0.29, 0.717) is 5.69 Å². The Hall–Kier alpha value is -2.41. The molecule has 0 amide bonds. The Bertz CT molecular complexity index is 954. The number of hydrogen-bond acceptors (Lipinski definition) is 4. The zero-order valence-electron chi connectivity index (χ0n) is 13.9. The van der Waals surface area contributed by atoms with Crippen molar-refractivity contribution in [1.29, 1.82) is 0 Å². The summed E-state index contributed by atoms with van der Waals surface area (Å²) in [6.45, 7) is 5.96. The third kappa shape index (κ3) is 3.26. The number of benzene rings is 1. The van der Waals surface area contributed by atoms with E-state index in [-0.39, 0.29) is 17.0 Å². The summed E-state index contributed by atoms with van der Waals surface area (Å²) in [6.07, 6.45) is 4.96. The van der Waals surface area contributed by atoms with Crippen LogP contribution in [0.2, 0.25) is 0 Å². The second-order valence-corrected chi connectivity index (χ2v) is 7.94. The number of nitrogens with zero attached hydrogens (tertiary/aromatic N) is 4. The van der Waals surface area contributed by atoms with Crippen LogP contribution < -0.4 is 0 Å². The lowest BCUT2D eigenvalue weighted by Crippen LogP contribution is -2.13. The second kappa shape index (κ2) is 6.24. The van der Waals surface area contributed by atoms with Gasteiger partial charge in [0.2, 0.25) is 15.0 Å². The van der Waals surface area contributed by atoms with Crippen LogP contribution in [-0.2, 0) is 15.6 Å². The van der Waals surface area contributed by atoms with E-state index in [2.05, 4.69) is 10.1 Å². The molecule has 3 aromatic rings. The van der Waals surface area contributed by atoms with Crippen molar-refractivity contribution in [2.24, 2.45) is 0 Å². The van der Waals surface area contributed by atoms with E-state index in [1.54, 1.807) is 27.7 Å². The van der Waals surface area contributed by atoms with Gasteiger partial charge in [-0.15, -0.1) is 0 Å². The molecule has 2 aromatic heterocycles. The molecule has 0 aliphatic carbocycles. The van der Waals surface area contributed by atoms with Gasteiger partial charge in [-0.2, -0.15) is 5.10 Å². The fourth-order valence-corrected chi connectivity index (χ4v) is 3.86. The van der Waals surface area contributed by atoms with Crippen LogP contribution in [0.5, 0.6) is 0 Å². The van der Waals surface area contributed by atoms with Crippen molar-refractivity contribution in [2.75, 3.05) is 0 Å². The number of aryl methyl sites for hydroxylation is 1. The minimum absolute atomic E-state index is 0.0344. The molecule has 6 nitrogen and oxygen atoms in total. The quantitative estimate of drug-likeness (QED) is 0.713. The van der Waals surface area contributed by atoms with E-state index >= 15 is 0 Å². The van der Waals surface area contributed by atoms with Crippen LogP contribution in [0.15, 0.2) is 54.1 Å². The van der Waals surface area contributed by atoms with E-state index in [1.165, 1.54) is 6.20 Å². The average molecular weight is 344 g/mol. The van der Waals surface area contributed by atoms with Crippen LogP contribution in [0.3, 0.4) is 0 Å². The molecule has 2 heterocycles. The number of sulfone groups is 1. The average Bonchev–Trinajstić information content (AvgIpc) is 3.15. The minimum atomic E-state index is -3.60. The largest absolute Gasteiger partial charge is 0.291 e. The lowest BCUT2D eigenvalue weighted by atomic mass is 10.2. The molecular weight excluding hydrogens is 324 g/mol. The molecule has 0 saturated heterocycles. The van der Waals surface area contributed by atoms with Gasteiger partial charge in [0.1, 0.15) is 5.75 Å². The summed E-state index contributed by atoms with van der Waals surface area (Å²) in [4.78, 5) is 4.07. The van der Waals surface area contributed by atoms with E-state index in [9.17, 15) is 8.42 Å². The molecule has 0 saturated carbocycles. The standard InChI is InChI=1S/C17H20N4O2S/c1-13(2)21-9-7-15(19-21)12-24(22,23)17-18-8-10-20(17)16-6-4-5-14(3)11-16/h4-11,13H,12H2,1-3H3. The fourth-order valence-electron chi connectivity index (χ4n) is 2.50. The second-order valence-electron chi connectivity index (χ2n) is 6.06. The molecule has 0 N–H and O–H groups in total. The van der Waals surface area contributed by atoms with Crippen molar-refractivity contribution in [3.8, 4) is 5.69 Å². The van der Waals surface area contributed by atoms with Crippen LogP contribution in [0.1, 0.15) is 31.1 Å². The monoisotopic (exact) mass is 344 g/mol. The van der Waals surface area contributed by atoms with Crippen molar-refractivity contribution in [2.45, 2.75) is 37.7 Å². The lowest BCUT2D eigenvalue weighted by Gasteiger charge is -2.09. The normalized spacial score (nSPS) is 12.0. The Morgan fingerprint density at radius 1 is 1.17 bits per heavy atom. The Kier molecular flexibility index (Phi) is 4.28. The van der Waals surface area contributed by atoms with Gasteiger partial charge in [-0.05, 0) is 44.5 Å². The molecule has 1 aromatic carbocycles. The van der Waals surface area contributed by atoms with Crippen LogP contribution in [0, 0.1) is 6.92 Å². The molecule has 126 valence electrons. The van der Waals surface area contributed by atoms with Gasteiger partial charge in [-0.1, -0.05) is 12.1 Å². The first-order chi connectivity index (χ1) is 11.4. The molecule has 24 heavy (non-hydrogen) atoms. The number of hydrogen-bond donors (Lipinski definition) is 0. The summed E-state index contributed by atoms with van der Waals surface area (Å²) in [6, 6.07) is 9.57. The molecule has 0 aliphatic heterocycles. The van der Waals surface area contributed by atoms with E-state index in [1.807, 2.05) is 45.0 Å². The highest BCUT2D eigenvalue weighted by molar-refractivity contribution is 7.90. The van der Waals surface area contributed by atoms with Crippen LogP contribution >= 0.6 is 0 Å². The van der Waals surface area contributed by atoms with Crippen molar-refractivity contribution >= 4 is 9.84 Å². The van der Waals surface area contributed by atoms with Crippen LogP contribution in [-0.4, -0.2) is 27.7 Å². The van der Waals surface area contributed by atoms with Crippen LogP contribution in [0.4, 0.5) is 0 Å². The fraction of sp³-hybridized carbons (Fsp3) is 0.294. The number of rotatable bonds is 5. The topological polar surface area (TPSA) is 69.8 Å². The molecule has 0 atom stereocenters. The Morgan fingerprint density at radius 2 is 1.96 bits per heavy atom. The van der Waals surface area contributed by atoms with Crippen molar-refractivity contribution < 1.29 is 8.42 Å². The molecule has 0 spiro atoms. The molecule has 0 fully saturated rings. The summed E-state index contributed by atoms with van der Waals surface area (Å²) < 4.78 is 28.9. The summed E-state index contributed by atoms with van der Waals surface area (Å²) in [7, 11) is -3.60. The highest BCUT2D eigenvalue weighted by Crippen LogP contribution is 2.19. The summed E-state index contributed by atoms with van der Waals surface area (Å²) in [5.41, 5.74) is 2.35. The minimum Gasteiger partial charge on any atom is -0.291 e. The van der Waals surface area contributed by atoms with Gasteiger partial charge < -0.3 is 0 Å². The predicted octanol–water partition coefficient (Wildman–Crippen LogP) is 2.93. The third-order valence-corrected chi connectivity index (χ3v) is 5.23. The zero-order chi connectivity index (χ0) is 17.3. The van der Waals surface area contributed by atoms with Gasteiger partial charge in [0.15, 0.2) is 0 Å². The zero-order valence-corrected chi connectivity index (χ0v) is 14.7. The van der Waals surface area contributed by atoms with Gasteiger partial charge >= 0.3 is 0 Å². The summed E-state index contributed by atoms with van der Waals surface area (Å²) >= 11 is 0. The number of imidazole rings is 1. The summed E-state index contributed by atoms with van der Waals surface area (Å²) in [5, 5.41) is 4.36. The lowest BCUT2D eigenvalue weighted by molar-refractivity contribution is 0.527. The SMILES string of the molecule is Cc1cccc(-n2ccnc2S(=O)(=O)Cc2ccn(C(C)C)n2)c1. The molecular formula is C17H20N4O2S. The predicted molar refractivity (Wildman–Crippen MR) is 91.8 cm³/mol. The summed E-state index contributed by atoms with van der Waals surface area (Å²) in [5.74, 6) is -0.171. The van der Waals surface area contributed by atoms with E-state index in [0.717, 1.165) is 11.3 Å². The van der Waals surface area contributed by atoms with Gasteiger partial charge in [0.05, 0.1) is 5.69 Å². The van der Waals surface area contributed by atoms with Gasteiger partial charge in [0.25, 0.3) is 0 Å². The third-order valence-electron chi connectivity index (χ3n) is 3.70. The smallest absolute Gasteiger partial charge is 0.232 e. The van der Waals surface area contributed by atoms with Crippen molar-refractivity contribution in [3.63, 3.8) is 0 Å². The molecule has 7 heteroatoms. The first-order valence-corrected chi connectivity index (χ1v) is 9.39. The Balaban J connectivity index is 1.95. The van der Waals surface area contributed by atoms with E-state index < -0.39 is 9.84 Å².